The lowest BCUT2D eigenvalue weighted by atomic mass is 10.4. The van der Waals surface area contributed by atoms with E-state index in [2.05, 4.69) is 5.10 Å². The Morgan fingerprint density at radius 3 is 3.00 bits per heavy atom. The third-order valence-corrected chi connectivity index (χ3v) is 2.92. The summed E-state index contributed by atoms with van der Waals surface area (Å²) in [5, 5.41) is 12.6. The van der Waals surface area contributed by atoms with Crippen LogP contribution in [-0.4, -0.2) is 9.78 Å². The van der Waals surface area contributed by atoms with Crippen molar-refractivity contribution in [2.75, 3.05) is 0 Å². The van der Waals surface area contributed by atoms with Gasteiger partial charge in [0.1, 0.15) is 6.07 Å². The molecule has 0 saturated carbocycles. The maximum atomic E-state index is 8.60. The van der Waals surface area contributed by atoms with Gasteiger partial charge >= 0.3 is 0 Å². The molecule has 3 nitrogen and oxygen atoms in total. The summed E-state index contributed by atoms with van der Waals surface area (Å²) >= 11 is 7.32. The topological polar surface area (TPSA) is 41.6 Å². The lowest BCUT2D eigenvalue weighted by molar-refractivity contribution is 0.694. The maximum Gasteiger partial charge on any atom is 0.102 e. The minimum Gasteiger partial charge on any atom is -0.266 e. The normalized spacial score (nSPS) is 10.0. The molecule has 0 aromatic carbocycles. The lowest BCUT2D eigenvalue weighted by Crippen LogP contribution is -1.97. The Bertz CT molecular complexity index is 480. The molecule has 0 unspecified atom stereocenters. The van der Waals surface area contributed by atoms with Gasteiger partial charge in [0.05, 0.1) is 22.6 Å². The van der Waals surface area contributed by atoms with Crippen LogP contribution < -0.4 is 0 Å². The Labute approximate surface area is 90.2 Å². The van der Waals surface area contributed by atoms with Gasteiger partial charge < -0.3 is 0 Å². The number of rotatable bonds is 2. The van der Waals surface area contributed by atoms with Gasteiger partial charge in [0.2, 0.25) is 0 Å². The SMILES string of the molecule is N#Cc1cnn(Cc2ccc(Cl)s2)c1. The Morgan fingerprint density at radius 1 is 1.57 bits per heavy atom. The second-order valence-corrected chi connectivity index (χ2v) is 4.54. The fourth-order valence-corrected chi connectivity index (χ4v) is 2.18. The average Bonchev–Trinajstić information content (AvgIpc) is 2.76. The van der Waals surface area contributed by atoms with Gasteiger partial charge in [-0.25, -0.2) is 0 Å². The van der Waals surface area contributed by atoms with Crippen LogP contribution in [-0.2, 0) is 6.54 Å². The molecular formula is C9H6ClN3S. The minimum absolute atomic E-state index is 0.577. The highest BCUT2D eigenvalue weighted by Crippen LogP contribution is 2.21. The fraction of sp³-hybridized carbons (Fsp3) is 0.111. The molecule has 70 valence electrons. The van der Waals surface area contributed by atoms with E-state index in [0.717, 1.165) is 9.21 Å². The lowest BCUT2D eigenvalue weighted by Gasteiger charge is -1.95. The summed E-state index contributed by atoms with van der Waals surface area (Å²) in [6.45, 7) is 0.666. The van der Waals surface area contributed by atoms with Gasteiger partial charge in [-0.3, -0.25) is 4.68 Å². The largest absolute Gasteiger partial charge is 0.266 e. The van der Waals surface area contributed by atoms with E-state index in [0.29, 0.717) is 12.1 Å². The first-order valence-corrected chi connectivity index (χ1v) is 5.14. The molecule has 2 heterocycles. The molecule has 0 bridgehead atoms. The number of halogens is 1. The molecule has 14 heavy (non-hydrogen) atoms. The zero-order valence-electron chi connectivity index (χ0n) is 7.14. The number of thiophene rings is 1. The molecule has 0 N–H and O–H groups in total. The Balaban J connectivity index is 2.15. The molecule has 0 aliphatic rings. The highest BCUT2D eigenvalue weighted by molar-refractivity contribution is 7.16. The van der Waals surface area contributed by atoms with Crippen LogP contribution in [0.5, 0.6) is 0 Å². The summed E-state index contributed by atoms with van der Waals surface area (Å²) < 4.78 is 2.49. The van der Waals surface area contributed by atoms with Gasteiger partial charge in [-0.05, 0) is 12.1 Å². The van der Waals surface area contributed by atoms with Gasteiger partial charge in [0.15, 0.2) is 0 Å². The van der Waals surface area contributed by atoms with E-state index in [1.54, 1.807) is 17.1 Å². The molecule has 0 atom stereocenters. The predicted molar refractivity (Wildman–Crippen MR) is 55.4 cm³/mol. The summed E-state index contributed by atoms with van der Waals surface area (Å²) in [5.74, 6) is 0. The van der Waals surface area contributed by atoms with Crippen molar-refractivity contribution in [2.24, 2.45) is 0 Å². The molecule has 0 aliphatic heterocycles. The molecule has 0 spiro atoms. The molecule has 0 radical (unpaired) electrons. The Morgan fingerprint density at radius 2 is 2.43 bits per heavy atom. The number of nitriles is 1. The number of aromatic nitrogens is 2. The third-order valence-electron chi connectivity index (χ3n) is 1.71. The molecule has 5 heteroatoms. The molecule has 0 amide bonds. The van der Waals surface area contributed by atoms with Crippen LogP contribution in [0.2, 0.25) is 4.34 Å². The molecule has 0 saturated heterocycles. The Kier molecular flexibility index (Phi) is 2.53. The maximum absolute atomic E-state index is 8.60. The van der Waals surface area contributed by atoms with Crippen molar-refractivity contribution in [1.82, 2.24) is 9.78 Å². The molecule has 2 aromatic rings. The molecular weight excluding hydrogens is 218 g/mol. The van der Waals surface area contributed by atoms with Crippen molar-refractivity contribution in [3.63, 3.8) is 0 Å². The zero-order chi connectivity index (χ0) is 9.97. The van der Waals surface area contributed by atoms with Crippen molar-refractivity contribution in [3.8, 4) is 6.07 Å². The highest BCUT2D eigenvalue weighted by Gasteiger charge is 2.01. The highest BCUT2D eigenvalue weighted by atomic mass is 35.5. The summed E-state index contributed by atoms with van der Waals surface area (Å²) in [6.07, 6.45) is 3.27. The third kappa shape index (κ3) is 1.95. The number of hydrogen-bond acceptors (Lipinski definition) is 3. The van der Waals surface area contributed by atoms with Gasteiger partial charge in [-0.2, -0.15) is 10.4 Å². The molecule has 2 rings (SSSR count). The van der Waals surface area contributed by atoms with Crippen LogP contribution in [0.4, 0.5) is 0 Å². The quantitative estimate of drug-likeness (QED) is 0.785. The number of hydrogen-bond donors (Lipinski definition) is 0. The van der Waals surface area contributed by atoms with Gasteiger partial charge in [0.25, 0.3) is 0 Å². The van der Waals surface area contributed by atoms with Crippen LogP contribution in [0.25, 0.3) is 0 Å². The minimum atomic E-state index is 0.577. The van der Waals surface area contributed by atoms with E-state index >= 15 is 0 Å². The zero-order valence-corrected chi connectivity index (χ0v) is 8.72. The fourth-order valence-electron chi connectivity index (χ4n) is 1.10. The van der Waals surface area contributed by atoms with Crippen molar-refractivity contribution >= 4 is 22.9 Å². The average molecular weight is 224 g/mol. The van der Waals surface area contributed by atoms with Crippen LogP contribution in [0.3, 0.4) is 0 Å². The summed E-state index contributed by atoms with van der Waals surface area (Å²) in [4.78, 5) is 1.13. The van der Waals surface area contributed by atoms with Gasteiger partial charge in [0, 0.05) is 11.1 Å². The van der Waals surface area contributed by atoms with Crippen LogP contribution in [0.15, 0.2) is 24.5 Å². The first-order valence-electron chi connectivity index (χ1n) is 3.95. The van der Waals surface area contributed by atoms with Gasteiger partial charge in [-0.15, -0.1) is 11.3 Å². The summed E-state index contributed by atoms with van der Waals surface area (Å²) in [5.41, 5.74) is 0.577. The van der Waals surface area contributed by atoms with Crippen molar-refractivity contribution in [3.05, 3.63) is 39.3 Å². The van der Waals surface area contributed by atoms with E-state index < -0.39 is 0 Å². The second kappa shape index (κ2) is 3.82. The molecule has 0 aliphatic carbocycles. The van der Waals surface area contributed by atoms with Crippen molar-refractivity contribution in [1.29, 1.82) is 5.26 Å². The van der Waals surface area contributed by atoms with E-state index in [4.69, 9.17) is 16.9 Å². The summed E-state index contributed by atoms with van der Waals surface area (Å²) in [7, 11) is 0. The first-order chi connectivity index (χ1) is 6.78. The summed E-state index contributed by atoms with van der Waals surface area (Å²) in [6, 6.07) is 5.85. The van der Waals surface area contributed by atoms with Crippen molar-refractivity contribution in [2.45, 2.75) is 6.54 Å². The van der Waals surface area contributed by atoms with E-state index in [-0.39, 0.29) is 0 Å². The standard InChI is InChI=1S/C9H6ClN3S/c10-9-2-1-8(14-9)6-13-5-7(3-11)4-12-13/h1-2,4-5H,6H2. The van der Waals surface area contributed by atoms with Crippen molar-refractivity contribution < 1.29 is 0 Å². The van der Waals surface area contributed by atoms with Crippen LogP contribution in [0, 0.1) is 11.3 Å². The molecule has 0 fully saturated rings. The second-order valence-electron chi connectivity index (χ2n) is 2.74. The monoisotopic (exact) mass is 223 g/mol. The van der Waals surface area contributed by atoms with E-state index in [1.165, 1.54) is 11.3 Å². The van der Waals surface area contributed by atoms with Gasteiger partial charge in [-0.1, -0.05) is 11.6 Å². The number of nitrogens with zero attached hydrogens (tertiary/aromatic N) is 3. The van der Waals surface area contributed by atoms with Crippen LogP contribution >= 0.6 is 22.9 Å². The Hall–Kier alpha value is -1.31. The first kappa shape index (κ1) is 9.25. The van der Waals surface area contributed by atoms with E-state index in [1.807, 2.05) is 18.2 Å². The molecule has 2 aromatic heterocycles. The predicted octanol–water partition coefficient (Wildman–Crippen LogP) is 2.52. The van der Waals surface area contributed by atoms with Crippen LogP contribution in [0.1, 0.15) is 10.4 Å². The smallest absolute Gasteiger partial charge is 0.102 e. The van der Waals surface area contributed by atoms with E-state index in [9.17, 15) is 0 Å².